The summed E-state index contributed by atoms with van der Waals surface area (Å²) in [5.41, 5.74) is 4.05. The van der Waals surface area contributed by atoms with Crippen LogP contribution in [0.5, 0.6) is 0 Å². The Bertz CT molecular complexity index is 1010. The van der Waals surface area contributed by atoms with Gasteiger partial charge in [0.05, 0.1) is 11.6 Å². The van der Waals surface area contributed by atoms with Gasteiger partial charge in [0.15, 0.2) is 5.78 Å². The molecule has 130 valence electrons. The van der Waals surface area contributed by atoms with Crippen LogP contribution in [0.1, 0.15) is 40.1 Å². The molecule has 0 aliphatic heterocycles. The smallest absolute Gasteiger partial charge is 0.161 e. The third-order valence-electron chi connectivity index (χ3n) is 4.42. The molecular formula is C21H20N4O. The molecule has 0 saturated heterocycles. The Morgan fingerprint density at radius 3 is 2.58 bits per heavy atom. The van der Waals surface area contributed by atoms with Crippen molar-refractivity contribution in [3.8, 4) is 11.8 Å². The maximum atomic E-state index is 12.0. The first-order valence-electron chi connectivity index (χ1n) is 8.39. The number of benzene rings is 1. The molecule has 26 heavy (non-hydrogen) atoms. The average Bonchev–Trinajstić information content (AvgIpc) is 3.18. The van der Waals surface area contributed by atoms with Crippen LogP contribution in [-0.4, -0.2) is 19.9 Å². The number of nitrogens with zero attached hydrogens (tertiary/aromatic N) is 4. The van der Waals surface area contributed by atoms with Crippen LogP contribution in [0, 0.1) is 25.2 Å². The Labute approximate surface area is 152 Å². The number of aryl methyl sites for hydroxylation is 1. The highest BCUT2D eigenvalue weighted by molar-refractivity contribution is 5.96. The first-order chi connectivity index (χ1) is 12.5. The summed E-state index contributed by atoms with van der Waals surface area (Å²) in [6.45, 7) is 6.18. The van der Waals surface area contributed by atoms with E-state index in [0.29, 0.717) is 17.7 Å². The summed E-state index contributed by atoms with van der Waals surface area (Å²) in [6.07, 6.45) is 7.77. The fourth-order valence-electron chi connectivity index (χ4n) is 3.02. The van der Waals surface area contributed by atoms with Gasteiger partial charge >= 0.3 is 0 Å². The van der Waals surface area contributed by atoms with Crippen molar-refractivity contribution in [2.45, 2.75) is 27.3 Å². The first-order valence-corrected chi connectivity index (χ1v) is 8.39. The van der Waals surface area contributed by atoms with E-state index in [2.05, 4.69) is 11.1 Å². The molecule has 0 saturated carbocycles. The lowest BCUT2D eigenvalue weighted by Gasteiger charge is -2.10. The van der Waals surface area contributed by atoms with Crippen molar-refractivity contribution in [1.82, 2.24) is 14.1 Å². The van der Waals surface area contributed by atoms with Crippen LogP contribution >= 0.6 is 0 Å². The van der Waals surface area contributed by atoms with Crippen LogP contribution in [0.25, 0.3) is 11.8 Å². The largest absolute Gasteiger partial charge is 0.331 e. The summed E-state index contributed by atoms with van der Waals surface area (Å²) >= 11 is 0. The van der Waals surface area contributed by atoms with Crippen molar-refractivity contribution in [1.29, 1.82) is 5.26 Å². The molecular weight excluding hydrogens is 324 g/mol. The van der Waals surface area contributed by atoms with Gasteiger partial charge < -0.3 is 9.13 Å². The lowest BCUT2D eigenvalue weighted by Crippen LogP contribution is -2.01. The number of imidazole rings is 1. The van der Waals surface area contributed by atoms with Crippen LogP contribution in [0.15, 0.2) is 48.8 Å². The van der Waals surface area contributed by atoms with Crippen LogP contribution in [0.3, 0.4) is 0 Å². The molecule has 5 heteroatoms. The Balaban J connectivity index is 2.00. The van der Waals surface area contributed by atoms with E-state index in [9.17, 15) is 4.79 Å². The SMILES string of the molecule is CC(=O)c1cc(/C=C/Cn2ccnc2C)n(-c2ccc(C#N)cc2)c1C. The second-order valence-electron chi connectivity index (χ2n) is 6.15. The normalized spacial score (nSPS) is 11.0. The number of hydrogen-bond donors (Lipinski definition) is 0. The quantitative estimate of drug-likeness (QED) is 0.655. The number of carbonyl (C=O) groups is 1. The van der Waals surface area contributed by atoms with Crippen LogP contribution in [0.2, 0.25) is 0 Å². The summed E-state index contributed by atoms with van der Waals surface area (Å²) in [5.74, 6) is 0.993. The Morgan fingerprint density at radius 1 is 1.27 bits per heavy atom. The Morgan fingerprint density at radius 2 is 2.00 bits per heavy atom. The van der Waals surface area contributed by atoms with Crippen LogP contribution < -0.4 is 0 Å². The van der Waals surface area contributed by atoms with Gasteiger partial charge in [-0.1, -0.05) is 6.08 Å². The number of rotatable bonds is 5. The molecule has 3 rings (SSSR count). The van der Waals surface area contributed by atoms with E-state index in [1.165, 1.54) is 0 Å². The lowest BCUT2D eigenvalue weighted by atomic mass is 10.2. The van der Waals surface area contributed by atoms with E-state index >= 15 is 0 Å². The monoisotopic (exact) mass is 344 g/mol. The van der Waals surface area contributed by atoms with Gasteiger partial charge in [-0.3, -0.25) is 4.79 Å². The lowest BCUT2D eigenvalue weighted by molar-refractivity contribution is 0.101. The predicted octanol–water partition coefficient (Wildman–Crippen LogP) is 4.08. The number of hydrogen-bond acceptors (Lipinski definition) is 3. The minimum atomic E-state index is 0.0370. The molecule has 0 spiro atoms. The van der Waals surface area contributed by atoms with Crippen molar-refractivity contribution in [2.24, 2.45) is 0 Å². The van der Waals surface area contributed by atoms with E-state index in [1.807, 2.05) is 59.5 Å². The van der Waals surface area contributed by atoms with Gasteiger partial charge in [-0.05, 0) is 57.2 Å². The van der Waals surface area contributed by atoms with E-state index in [4.69, 9.17) is 5.26 Å². The standard InChI is InChI=1S/C21H20N4O/c1-15-21(16(2)26)13-20(5-4-11-24-12-10-23-17(24)3)25(15)19-8-6-18(14-22)7-9-19/h4-10,12-13H,11H2,1-3H3/b5-4+. The summed E-state index contributed by atoms with van der Waals surface area (Å²) in [6, 6.07) is 11.4. The van der Waals surface area contributed by atoms with Gasteiger partial charge in [-0.2, -0.15) is 5.26 Å². The first kappa shape index (κ1) is 17.4. The second-order valence-corrected chi connectivity index (χ2v) is 6.15. The molecule has 1 aromatic carbocycles. The summed E-state index contributed by atoms with van der Waals surface area (Å²) in [4.78, 5) is 16.2. The maximum Gasteiger partial charge on any atom is 0.161 e. The van der Waals surface area contributed by atoms with E-state index in [0.717, 1.165) is 22.9 Å². The molecule has 0 aliphatic carbocycles. The van der Waals surface area contributed by atoms with Crippen LogP contribution in [-0.2, 0) is 6.54 Å². The van der Waals surface area contributed by atoms with Gasteiger partial charge in [0, 0.05) is 41.6 Å². The molecule has 0 aliphatic rings. The number of nitriles is 1. The molecule has 0 fully saturated rings. The van der Waals surface area contributed by atoms with E-state index in [-0.39, 0.29) is 5.78 Å². The zero-order valence-corrected chi connectivity index (χ0v) is 15.1. The number of ketones is 1. The highest BCUT2D eigenvalue weighted by atomic mass is 16.1. The summed E-state index contributed by atoms with van der Waals surface area (Å²) in [7, 11) is 0. The molecule has 0 unspecified atom stereocenters. The van der Waals surface area contributed by atoms with Gasteiger partial charge in [0.25, 0.3) is 0 Å². The highest BCUT2D eigenvalue weighted by Gasteiger charge is 2.14. The predicted molar refractivity (Wildman–Crippen MR) is 101 cm³/mol. The summed E-state index contributed by atoms with van der Waals surface area (Å²) < 4.78 is 4.08. The molecule has 3 aromatic rings. The molecule has 5 nitrogen and oxygen atoms in total. The van der Waals surface area contributed by atoms with E-state index < -0.39 is 0 Å². The van der Waals surface area contributed by atoms with Crippen molar-refractivity contribution in [2.75, 3.05) is 0 Å². The van der Waals surface area contributed by atoms with Gasteiger partial charge in [0.2, 0.25) is 0 Å². The molecule has 0 atom stereocenters. The number of allylic oxidation sites excluding steroid dienone is 1. The minimum absolute atomic E-state index is 0.0370. The highest BCUT2D eigenvalue weighted by Crippen LogP contribution is 2.23. The fourth-order valence-corrected chi connectivity index (χ4v) is 3.02. The van der Waals surface area contributed by atoms with Crippen LogP contribution in [0.4, 0.5) is 0 Å². The average molecular weight is 344 g/mol. The third-order valence-corrected chi connectivity index (χ3v) is 4.42. The van der Waals surface area contributed by atoms with Gasteiger partial charge in [-0.15, -0.1) is 0 Å². The number of carbonyl (C=O) groups excluding carboxylic acids is 1. The molecule has 0 amide bonds. The van der Waals surface area contributed by atoms with E-state index in [1.54, 1.807) is 25.3 Å². The summed E-state index contributed by atoms with van der Waals surface area (Å²) in [5, 5.41) is 8.99. The molecule has 0 radical (unpaired) electrons. The number of aromatic nitrogens is 3. The van der Waals surface area contributed by atoms with Gasteiger partial charge in [0.1, 0.15) is 5.82 Å². The molecule has 2 heterocycles. The zero-order chi connectivity index (χ0) is 18.7. The third kappa shape index (κ3) is 3.35. The van der Waals surface area contributed by atoms with Gasteiger partial charge in [-0.25, -0.2) is 4.98 Å². The molecule has 2 aromatic heterocycles. The Kier molecular flexibility index (Phi) is 4.85. The molecule has 0 bridgehead atoms. The second kappa shape index (κ2) is 7.24. The molecule has 0 N–H and O–H groups in total. The number of Topliss-reactive ketones (excluding diaryl/α,β-unsaturated/α-hetero) is 1. The topological polar surface area (TPSA) is 63.6 Å². The van der Waals surface area contributed by atoms with Crippen molar-refractivity contribution >= 4 is 11.9 Å². The zero-order valence-electron chi connectivity index (χ0n) is 15.1. The maximum absolute atomic E-state index is 12.0. The van der Waals surface area contributed by atoms with Crippen molar-refractivity contribution in [3.05, 3.63) is 77.1 Å². The minimum Gasteiger partial charge on any atom is -0.331 e. The van der Waals surface area contributed by atoms with Crippen molar-refractivity contribution in [3.63, 3.8) is 0 Å². The Hall–Kier alpha value is -3.39. The fraction of sp³-hybridized carbons (Fsp3) is 0.190. The van der Waals surface area contributed by atoms with Crippen molar-refractivity contribution < 1.29 is 4.79 Å².